The Kier molecular flexibility index (Phi) is 5.20. The second-order valence-electron chi connectivity index (χ2n) is 5.06. The van der Waals surface area contributed by atoms with Gasteiger partial charge >= 0.3 is 0 Å². The Morgan fingerprint density at radius 1 is 1.21 bits per heavy atom. The predicted octanol–water partition coefficient (Wildman–Crippen LogP) is 1.83. The summed E-state index contributed by atoms with van der Waals surface area (Å²) in [6.07, 6.45) is 2.28. The van der Waals surface area contributed by atoms with Crippen molar-refractivity contribution < 1.29 is 14.6 Å². The van der Waals surface area contributed by atoms with E-state index in [1.54, 1.807) is 10.9 Å². The van der Waals surface area contributed by atoms with Gasteiger partial charge in [0, 0.05) is 37.1 Å². The Balaban J connectivity index is 1.99. The summed E-state index contributed by atoms with van der Waals surface area (Å²) < 4.78 is 1.78. The summed E-state index contributed by atoms with van der Waals surface area (Å²) in [5.41, 5.74) is -0.121. The molecule has 1 aromatic carbocycles. The summed E-state index contributed by atoms with van der Waals surface area (Å²) in [7, 11) is 0. The number of benzene rings is 1. The first-order valence-electron chi connectivity index (χ1n) is 7.09. The van der Waals surface area contributed by atoms with Crippen LogP contribution in [0.1, 0.15) is 22.5 Å². The van der Waals surface area contributed by atoms with E-state index in [9.17, 15) is 25.0 Å². The van der Waals surface area contributed by atoms with Gasteiger partial charge in [0.25, 0.3) is 17.3 Å². The zero-order valence-corrected chi connectivity index (χ0v) is 12.8. The Morgan fingerprint density at radius 3 is 2.33 bits per heavy atom. The molecule has 0 unspecified atom stereocenters. The van der Waals surface area contributed by atoms with Crippen molar-refractivity contribution in [3.8, 4) is 0 Å². The smallest absolute Gasteiger partial charge is 0.277 e. The number of carbonyl (C=O) groups excluding carboxylic acids is 1. The van der Waals surface area contributed by atoms with E-state index >= 15 is 0 Å². The molecule has 1 aromatic heterocycles. The van der Waals surface area contributed by atoms with E-state index in [0.29, 0.717) is 19.5 Å². The minimum absolute atomic E-state index is 0.119. The highest BCUT2D eigenvalue weighted by Gasteiger charge is 2.19. The Bertz CT molecular complexity index is 753. The van der Waals surface area contributed by atoms with Crippen LogP contribution in [0.3, 0.4) is 0 Å². The molecular weight excluding hydrogens is 318 g/mol. The summed E-state index contributed by atoms with van der Waals surface area (Å²) in [6, 6.07) is 4.71. The summed E-state index contributed by atoms with van der Waals surface area (Å²) in [6.45, 7) is 2.83. The van der Waals surface area contributed by atoms with Crippen LogP contribution in [0.5, 0.6) is 0 Å². The maximum atomic E-state index is 12.0. The third-order valence-electron chi connectivity index (χ3n) is 3.35. The highest BCUT2D eigenvalue weighted by Crippen LogP contribution is 2.22. The van der Waals surface area contributed by atoms with Crippen molar-refractivity contribution in [3.05, 3.63) is 61.9 Å². The van der Waals surface area contributed by atoms with Crippen LogP contribution >= 0.6 is 0 Å². The standard InChI is InChI=1S/C14H15N5O5/c1-10-3-5-16-17(10)6-2-4-15-14(20)11-7-12(18(21)22)9-13(8-11)19(23)24/h3,5,7-9H,2,4,6H2,1H3,(H,15,20). The van der Waals surface area contributed by atoms with Gasteiger partial charge in [0.1, 0.15) is 0 Å². The molecule has 0 radical (unpaired) electrons. The van der Waals surface area contributed by atoms with Gasteiger partial charge in [0.05, 0.1) is 21.5 Å². The zero-order valence-electron chi connectivity index (χ0n) is 12.8. The molecule has 1 amide bonds. The van der Waals surface area contributed by atoms with Crippen molar-refractivity contribution >= 4 is 17.3 Å². The lowest BCUT2D eigenvalue weighted by atomic mass is 10.1. The minimum atomic E-state index is -0.774. The number of hydrogen-bond acceptors (Lipinski definition) is 6. The van der Waals surface area contributed by atoms with Crippen LogP contribution in [0.25, 0.3) is 0 Å². The Morgan fingerprint density at radius 2 is 1.83 bits per heavy atom. The van der Waals surface area contributed by atoms with Crippen LogP contribution in [0.15, 0.2) is 30.5 Å². The molecule has 10 nitrogen and oxygen atoms in total. The SMILES string of the molecule is Cc1ccnn1CCCNC(=O)c1cc([N+](=O)[O-])cc([N+](=O)[O-])c1. The largest absolute Gasteiger partial charge is 0.352 e. The first-order valence-corrected chi connectivity index (χ1v) is 7.09. The molecule has 24 heavy (non-hydrogen) atoms. The lowest BCUT2D eigenvalue weighted by Gasteiger charge is -2.07. The molecule has 2 aromatic rings. The van der Waals surface area contributed by atoms with Crippen LogP contribution in [0, 0.1) is 27.2 Å². The lowest BCUT2D eigenvalue weighted by Crippen LogP contribution is -2.25. The summed E-state index contributed by atoms with van der Waals surface area (Å²) in [5.74, 6) is -0.598. The Hall–Kier alpha value is -3.30. The zero-order chi connectivity index (χ0) is 17.7. The molecule has 10 heteroatoms. The van der Waals surface area contributed by atoms with Gasteiger partial charge in [-0.15, -0.1) is 0 Å². The topological polar surface area (TPSA) is 133 Å². The minimum Gasteiger partial charge on any atom is -0.352 e. The van der Waals surface area contributed by atoms with Gasteiger partial charge in [-0.3, -0.25) is 29.7 Å². The summed E-state index contributed by atoms with van der Waals surface area (Å²) >= 11 is 0. The molecule has 0 bridgehead atoms. The normalized spacial score (nSPS) is 10.4. The van der Waals surface area contributed by atoms with Crippen LogP contribution in [0.2, 0.25) is 0 Å². The second-order valence-corrected chi connectivity index (χ2v) is 5.06. The number of aromatic nitrogens is 2. The molecule has 0 aliphatic rings. The van der Waals surface area contributed by atoms with Gasteiger partial charge < -0.3 is 5.32 Å². The summed E-state index contributed by atoms with van der Waals surface area (Å²) in [4.78, 5) is 32.1. The van der Waals surface area contributed by atoms with Gasteiger partial charge in [-0.25, -0.2) is 0 Å². The number of hydrogen-bond donors (Lipinski definition) is 1. The van der Waals surface area contributed by atoms with Gasteiger partial charge in [-0.2, -0.15) is 5.10 Å². The number of aryl methyl sites for hydroxylation is 2. The number of carbonyl (C=O) groups is 1. The van der Waals surface area contributed by atoms with E-state index in [1.807, 2.05) is 13.0 Å². The fourth-order valence-corrected chi connectivity index (χ4v) is 2.10. The third-order valence-corrected chi connectivity index (χ3v) is 3.35. The molecule has 0 spiro atoms. The van der Waals surface area contributed by atoms with Crippen molar-refractivity contribution in [3.63, 3.8) is 0 Å². The number of rotatable bonds is 7. The third kappa shape index (κ3) is 4.12. The maximum absolute atomic E-state index is 12.0. The van der Waals surface area contributed by atoms with Crippen molar-refractivity contribution in [2.75, 3.05) is 6.54 Å². The van der Waals surface area contributed by atoms with Crippen molar-refractivity contribution in [1.29, 1.82) is 0 Å². The van der Waals surface area contributed by atoms with E-state index in [-0.39, 0.29) is 5.56 Å². The van der Waals surface area contributed by atoms with Crippen LogP contribution in [0.4, 0.5) is 11.4 Å². The number of nitro benzene ring substituents is 2. The van der Waals surface area contributed by atoms with Crippen LogP contribution < -0.4 is 5.32 Å². The number of nitrogens with zero attached hydrogens (tertiary/aromatic N) is 4. The maximum Gasteiger partial charge on any atom is 0.277 e. The first kappa shape index (κ1) is 17.1. The van der Waals surface area contributed by atoms with Gasteiger partial charge in [0.2, 0.25) is 0 Å². The van der Waals surface area contributed by atoms with E-state index in [4.69, 9.17) is 0 Å². The monoisotopic (exact) mass is 333 g/mol. The second kappa shape index (κ2) is 7.31. The Labute approximate surface area is 136 Å². The van der Waals surface area contributed by atoms with E-state index < -0.39 is 27.1 Å². The van der Waals surface area contributed by atoms with E-state index in [2.05, 4.69) is 10.4 Å². The quantitative estimate of drug-likeness (QED) is 0.467. The highest BCUT2D eigenvalue weighted by molar-refractivity contribution is 5.95. The fraction of sp³-hybridized carbons (Fsp3) is 0.286. The highest BCUT2D eigenvalue weighted by atomic mass is 16.6. The average molecular weight is 333 g/mol. The fourth-order valence-electron chi connectivity index (χ4n) is 2.10. The van der Waals surface area contributed by atoms with E-state index in [0.717, 1.165) is 23.9 Å². The van der Waals surface area contributed by atoms with Crippen molar-refractivity contribution in [2.24, 2.45) is 0 Å². The number of non-ortho nitro benzene ring substituents is 2. The molecule has 2 rings (SSSR count). The molecule has 0 fully saturated rings. The molecule has 0 saturated heterocycles. The molecule has 0 aliphatic carbocycles. The van der Waals surface area contributed by atoms with E-state index in [1.165, 1.54) is 0 Å². The molecule has 0 aliphatic heterocycles. The van der Waals surface area contributed by atoms with Gasteiger partial charge in [0.15, 0.2) is 0 Å². The molecular formula is C14H15N5O5. The average Bonchev–Trinajstić information content (AvgIpc) is 2.96. The first-order chi connectivity index (χ1) is 11.4. The molecule has 0 saturated carbocycles. The number of amides is 1. The van der Waals surface area contributed by atoms with Crippen LogP contribution in [-0.4, -0.2) is 32.1 Å². The number of nitrogens with one attached hydrogen (secondary N) is 1. The van der Waals surface area contributed by atoms with Crippen LogP contribution in [-0.2, 0) is 6.54 Å². The molecule has 1 N–H and O–H groups in total. The lowest BCUT2D eigenvalue weighted by molar-refractivity contribution is -0.394. The van der Waals surface area contributed by atoms with Crippen molar-refractivity contribution in [2.45, 2.75) is 19.9 Å². The molecule has 0 atom stereocenters. The predicted molar refractivity (Wildman–Crippen MR) is 83.7 cm³/mol. The molecule has 126 valence electrons. The summed E-state index contributed by atoms with van der Waals surface area (Å²) in [5, 5.41) is 28.3. The number of nitro groups is 2. The van der Waals surface area contributed by atoms with Gasteiger partial charge in [-0.05, 0) is 19.4 Å². The molecule has 1 heterocycles. The van der Waals surface area contributed by atoms with Gasteiger partial charge in [-0.1, -0.05) is 0 Å². The van der Waals surface area contributed by atoms with Crippen molar-refractivity contribution in [1.82, 2.24) is 15.1 Å².